The van der Waals surface area contributed by atoms with Crippen LogP contribution < -0.4 is 4.74 Å². The largest absolute Gasteiger partial charge is 0.479 e. The van der Waals surface area contributed by atoms with Crippen molar-refractivity contribution in [2.45, 2.75) is 26.9 Å². The number of carboxylic acid groups (broad SMARTS) is 1. The lowest BCUT2D eigenvalue weighted by Gasteiger charge is -2.12. The molecule has 4 heteroatoms. The van der Waals surface area contributed by atoms with Crippen LogP contribution in [0.4, 0.5) is 0 Å². The number of hydrogen-bond donors (Lipinski definition) is 1. The highest BCUT2D eigenvalue weighted by Gasteiger charge is 2.15. The number of aliphatic carboxylic acids is 1. The normalized spacial score (nSPS) is 11.8. The molecule has 0 heterocycles. The van der Waals surface area contributed by atoms with Crippen molar-refractivity contribution in [1.29, 1.82) is 0 Å². The second kappa shape index (κ2) is 6.43. The van der Waals surface area contributed by atoms with E-state index in [2.05, 4.69) is 0 Å². The number of carbonyl (C=O) groups excluding carboxylic acids is 1. The quantitative estimate of drug-likeness (QED) is 0.859. The Labute approximate surface area is 129 Å². The van der Waals surface area contributed by atoms with E-state index in [9.17, 15) is 9.59 Å². The van der Waals surface area contributed by atoms with Crippen molar-refractivity contribution in [2.75, 3.05) is 0 Å². The fourth-order valence-corrected chi connectivity index (χ4v) is 2.19. The summed E-state index contributed by atoms with van der Waals surface area (Å²) >= 11 is 0. The summed E-state index contributed by atoms with van der Waals surface area (Å²) in [4.78, 5) is 23.4. The van der Waals surface area contributed by atoms with Gasteiger partial charge in [-0.3, -0.25) is 4.79 Å². The highest BCUT2D eigenvalue weighted by molar-refractivity contribution is 6.10. The molecule has 0 saturated carbocycles. The maximum absolute atomic E-state index is 12.6. The first kappa shape index (κ1) is 15.8. The Hall–Kier alpha value is -2.62. The Morgan fingerprint density at radius 3 is 2.45 bits per heavy atom. The Balaban J connectivity index is 2.29. The summed E-state index contributed by atoms with van der Waals surface area (Å²) in [5, 5.41) is 8.87. The smallest absolute Gasteiger partial charge is 0.344 e. The van der Waals surface area contributed by atoms with Gasteiger partial charge in [0.25, 0.3) is 0 Å². The Kier molecular flexibility index (Phi) is 4.61. The number of hydrogen-bond acceptors (Lipinski definition) is 3. The highest BCUT2D eigenvalue weighted by atomic mass is 16.5. The molecule has 1 N–H and O–H groups in total. The number of ketones is 1. The molecule has 4 nitrogen and oxygen atoms in total. The van der Waals surface area contributed by atoms with Gasteiger partial charge in [0, 0.05) is 11.1 Å². The SMILES string of the molecule is Cc1ccc(C(=O)c2cccc(OC(C)C(=O)O)c2)c(C)c1. The van der Waals surface area contributed by atoms with Gasteiger partial charge in [0.2, 0.25) is 0 Å². The summed E-state index contributed by atoms with van der Waals surface area (Å²) < 4.78 is 5.30. The van der Waals surface area contributed by atoms with Crippen LogP contribution >= 0.6 is 0 Å². The number of benzene rings is 2. The van der Waals surface area contributed by atoms with E-state index in [-0.39, 0.29) is 5.78 Å². The number of carboxylic acids is 1. The number of rotatable bonds is 5. The van der Waals surface area contributed by atoms with Crippen molar-refractivity contribution in [2.24, 2.45) is 0 Å². The van der Waals surface area contributed by atoms with Crippen molar-refractivity contribution in [3.05, 3.63) is 64.7 Å². The number of aryl methyl sites for hydroxylation is 2. The predicted molar refractivity (Wildman–Crippen MR) is 83.5 cm³/mol. The number of ether oxygens (including phenoxy) is 1. The molecular formula is C18H18O4. The van der Waals surface area contributed by atoms with Gasteiger partial charge in [0.05, 0.1) is 0 Å². The molecule has 0 bridgehead atoms. The standard InChI is InChI=1S/C18H18O4/c1-11-7-8-16(12(2)9-11)17(19)14-5-4-6-15(10-14)22-13(3)18(20)21/h4-10,13H,1-3H3,(H,20,21). The second-order valence-corrected chi connectivity index (χ2v) is 5.27. The molecule has 0 spiro atoms. The average molecular weight is 298 g/mol. The van der Waals surface area contributed by atoms with E-state index in [1.54, 1.807) is 30.3 Å². The first-order chi connectivity index (χ1) is 10.4. The summed E-state index contributed by atoms with van der Waals surface area (Å²) in [6.07, 6.45) is -0.966. The van der Waals surface area contributed by atoms with Crippen molar-refractivity contribution >= 4 is 11.8 Å². The topological polar surface area (TPSA) is 63.6 Å². The third kappa shape index (κ3) is 3.52. The Bertz CT molecular complexity index is 719. The van der Waals surface area contributed by atoms with Gasteiger partial charge in [-0.05, 0) is 38.5 Å². The van der Waals surface area contributed by atoms with Gasteiger partial charge in [0.1, 0.15) is 5.75 Å². The van der Waals surface area contributed by atoms with E-state index in [0.717, 1.165) is 11.1 Å². The van der Waals surface area contributed by atoms with Crippen LogP contribution in [0.25, 0.3) is 0 Å². The maximum Gasteiger partial charge on any atom is 0.344 e. The minimum Gasteiger partial charge on any atom is -0.479 e. The van der Waals surface area contributed by atoms with Crippen molar-refractivity contribution in [1.82, 2.24) is 0 Å². The molecule has 2 rings (SSSR count). The van der Waals surface area contributed by atoms with E-state index >= 15 is 0 Å². The molecular weight excluding hydrogens is 280 g/mol. The van der Waals surface area contributed by atoms with Crippen LogP contribution in [-0.2, 0) is 4.79 Å². The third-order valence-corrected chi connectivity index (χ3v) is 3.38. The molecule has 2 aromatic rings. The number of carbonyl (C=O) groups is 2. The molecule has 0 aliphatic rings. The maximum atomic E-state index is 12.6. The molecule has 0 fully saturated rings. The van der Waals surface area contributed by atoms with E-state index < -0.39 is 12.1 Å². The summed E-state index contributed by atoms with van der Waals surface area (Å²) in [6.45, 7) is 5.32. The van der Waals surface area contributed by atoms with Gasteiger partial charge in [-0.15, -0.1) is 0 Å². The second-order valence-electron chi connectivity index (χ2n) is 5.27. The van der Waals surface area contributed by atoms with E-state index in [0.29, 0.717) is 16.9 Å². The molecule has 0 saturated heterocycles. The zero-order valence-electron chi connectivity index (χ0n) is 12.8. The average Bonchev–Trinajstić information content (AvgIpc) is 2.46. The van der Waals surface area contributed by atoms with Gasteiger partial charge >= 0.3 is 5.97 Å². The molecule has 2 aromatic carbocycles. The first-order valence-corrected chi connectivity index (χ1v) is 7.00. The summed E-state index contributed by atoms with van der Waals surface area (Å²) in [7, 11) is 0. The summed E-state index contributed by atoms with van der Waals surface area (Å²) in [5.41, 5.74) is 3.12. The predicted octanol–water partition coefficient (Wildman–Crippen LogP) is 3.39. The molecule has 22 heavy (non-hydrogen) atoms. The lowest BCUT2D eigenvalue weighted by molar-refractivity contribution is -0.144. The molecule has 0 aliphatic heterocycles. The van der Waals surface area contributed by atoms with Crippen LogP contribution in [0.1, 0.15) is 34.0 Å². The van der Waals surface area contributed by atoms with Gasteiger partial charge in [-0.1, -0.05) is 35.9 Å². The van der Waals surface area contributed by atoms with Crippen molar-refractivity contribution < 1.29 is 19.4 Å². The minimum absolute atomic E-state index is 0.106. The van der Waals surface area contributed by atoms with Gasteiger partial charge < -0.3 is 9.84 Å². The van der Waals surface area contributed by atoms with Gasteiger partial charge in [0.15, 0.2) is 11.9 Å². The molecule has 0 radical (unpaired) electrons. The zero-order valence-corrected chi connectivity index (χ0v) is 12.8. The molecule has 1 atom stereocenters. The summed E-state index contributed by atoms with van der Waals surface area (Å²) in [6, 6.07) is 12.2. The molecule has 114 valence electrons. The van der Waals surface area contributed by atoms with E-state index in [1.807, 2.05) is 26.0 Å². The van der Waals surface area contributed by atoms with Gasteiger partial charge in [-0.25, -0.2) is 4.79 Å². The van der Waals surface area contributed by atoms with Crippen molar-refractivity contribution in [3.63, 3.8) is 0 Å². The molecule has 0 aliphatic carbocycles. The van der Waals surface area contributed by atoms with E-state index in [4.69, 9.17) is 9.84 Å². The Morgan fingerprint density at radius 1 is 1.09 bits per heavy atom. The molecule has 0 amide bonds. The molecule has 1 unspecified atom stereocenters. The highest BCUT2D eigenvalue weighted by Crippen LogP contribution is 2.20. The van der Waals surface area contributed by atoms with Crippen LogP contribution in [0.15, 0.2) is 42.5 Å². The minimum atomic E-state index is -1.05. The molecule has 0 aromatic heterocycles. The van der Waals surface area contributed by atoms with Crippen LogP contribution in [0.2, 0.25) is 0 Å². The zero-order chi connectivity index (χ0) is 16.3. The Morgan fingerprint density at radius 2 is 1.82 bits per heavy atom. The van der Waals surface area contributed by atoms with Gasteiger partial charge in [-0.2, -0.15) is 0 Å². The van der Waals surface area contributed by atoms with Crippen molar-refractivity contribution in [3.8, 4) is 5.75 Å². The van der Waals surface area contributed by atoms with Crippen LogP contribution in [-0.4, -0.2) is 23.0 Å². The van der Waals surface area contributed by atoms with Crippen LogP contribution in [0.3, 0.4) is 0 Å². The fraction of sp³-hybridized carbons (Fsp3) is 0.222. The van der Waals surface area contributed by atoms with Crippen LogP contribution in [0, 0.1) is 13.8 Å². The first-order valence-electron chi connectivity index (χ1n) is 7.00. The summed E-state index contributed by atoms with van der Waals surface area (Å²) in [5.74, 6) is -0.789. The monoisotopic (exact) mass is 298 g/mol. The fourth-order valence-electron chi connectivity index (χ4n) is 2.19. The van der Waals surface area contributed by atoms with Crippen LogP contribution in [0.5, 0.6) is 5.75 Å². The lowest BCUT2D eigenvalue weighted by Crippen LogP contribution is -2.22. The lowest BCUT2D eigenvalue weighted by atomic mass is 9.97. The third-order valence-electron chi connectivity index (χ3n) is 3.38. The van der Waals surface area contributed by atoms with E-state index in [1.165, 1.54) is 6.92 Å².